The minimum atomic E-state index is -1.000. The number of nitrogens with zero attached hydrogens (tertiary/aromatic N) is 1. The number of thioether (sulfide) groups is 1. The van der Waals surface area contributed by atoms with Crippen molar-refractivity contribution >= 4 is 29.7 Å². The molecule has 0 heterocycles. The Hall–Kier alpha value is -3.20. The van der Waals surface area contributed by atoms with Crippen molar-refractivity contribution in [1.29, 1.82) is 0 Å². The topological polar surface area (TPSA) is 108 Å². The third kappa shape index (κ3) is 9.99. The molecule has 0 radical (unpaired) electrons. The summed E-state index contributed by atoms with van der Waals surface area (Å²) in [6, 6.07) is 14.0. The lowest BCUT2D eigenvalue weighted by Crippen LogP contribution is -2.53. The summed E-state index contributed by atoms with van der Waals surface area (Å²) in [5.41, 5.74) is 0.679. The van der Waals surface area contributed by atoms with Crippen LogP contribution in [0.15, 0.2) is 54.6 Å². The van der Waals surface area contributed by atoms with Gasteiger partial charge in [-0.25, -0.2) is 4.79 Å². The monoisotopic (exact) mass is 529 g/mol. The van der Waals surface area contributed by atoms with E-state index in [1.807, 2.05) is 43.5 Å². The van der Waals surface area contributed by atoms with Crippen molar-refractivity contribution in [3.05, 3.63) is 65.7 Å². The average Bonchev–Trinajstić information content (AvgIpc) is 2.84. The Bertz CT molecular complexity index is 1030. The first-order valence-electron chi connectivity index (χ1n) is 12.4. The van der Waals surface area contributed by atoms with Crippen LogP contribution in [0.3, 0.4) is 0 Å². The van der Waals surface area contributed by atoms with Crippen LogP contribution in [-0.4, -0.2) is 58.1 Å². The molecule has 0 saturated heterocycles. The number of rotatable bonds is 12. The van der Waals surface area contributed by atoms with Crippen LogP contribution in [0.5, 0.6) is 5.75 Å². The maximum atomic E-state index is 13.9. The molecule has 0 aliphatic heterocycles. The summed E-state index contributed by atoms with van der Waals surface area (Å²) >= 11 is 1.56. The molecule has 2 rings (SSSR count). The third-order valence-corrected chi connectivity index (χ3v) is 6.05. The molecule has 37 heavy (non-hydrogen) atoms. The van der Waals surface area contributed by atoms with Crippen molar-refractivity contribution < 1.29 is 24.2 Å². The van der Waals surface area contributed by atoms with Gasteiger partial charge in [-0.15, -0.1) is 0 Å². The largest absolute Gasteiger partial charge is 0.508 e. The fraction of sp³-hybridized carbons (Fsp3) is 0.464. The molecule has 0 fully saturated rings. The van der Waals surface area contributed by atoms with Gasteiger partial charge in [-0.05, 0) is 68.9 Å². The summed E-state index contributed by atoms with van der Waals surface area (Å²) in [5, 5.41) is 15.8. The van der Waals surface area contributed by atoms with Gasteiger partial charge in [0.1, 0.15) is 23.4 Å². The van der Waals surface area contributed by atoms with E-state index in [0.29, 0.717) is 24.2 Å². The molecule has 0 aliphatic rings. The van der Waals surface area contributed by atoms with Gasteiger partial charge in [-0.1, -0.05) is 49.4 Å². The zero-order valence-electron chi connectivity index (χ0n) is 22.3. The number of hydrogen-bond acceptors (Lipinski definition) is 6. The van der Waals surface area contributed by atoms with E-state index in [0.717, 1.165) is 5.56 Å². The third-order valence-electron chi connectivity index (χ3n) is 5.40. The van der Waals surface area contributed by atoms with Crippen LogP contribution in [-0.2, 0) is 20.9 Å². The van der Waals surface area contributed by atoms with Crippen molar-refractivity contribution in [1.82, 2.24) is 15.5 Å². The number of hydrogen-bond donors (Lipinski definition) is 3. The molecule has 3 amide bonds. The van der Waals surface area contributed by atoms with Crippen LogP contribution in [0.4, 0.5) is 4.79 Å². The Morgan fingerprint density at radius 2 is 1.78 bits per heavy atom. The van der Waals surface area contributed by atoms with Gasteiger partial charge in [-0.3, -0.25) is 9.59 Å². The molecule has 0 aliphatic carbocycles. The Morgan fingerprint density at radius 1 is 1.08 bits per heavy atom. The second kappa shape index (κ2) is 14.5. The fourth-order valence-corrected chi connectivity index (χ4v) is 4.27. The highest BCUT2D eigenvalue weighted by Gasteiger charge is 2.35. The van der Waals surface area contributed by atoms with Gasteiger partial charge in [0.05, 0.1) is 0 Å². The standard InChI is InChI=1S/C28H39N3O5S/c1-6-16-31(26(34)23(15-17-37-5)30-27(35)36-28(2,3)4)24(21-13-10-14-22(32)18-21)25(33)29-19-20-11-8-7-9-12-20/h7-14,18,23-24,32H,6,15-17,19H2,1-5H3,(H,29,33)(H,30,35). The normalized spacial score (nSPS) is 12.8. The summed E-state index contributed by atoms with van der Waals surface area (Å²) in [6.45, 7) is 7.75. The Balaban J connectivity index is 2.40. The van der Waals surface area contributed by atoms with Crippen molar-refractivity contribution in [2.45, 2.75) is 64.8 Å². The average molecular weight is 530 g/mol. The number of nitrogens with one attached hydrogen (secondary N) is 2. The smallest absolute Gasteiger partial charge is 0.408 e. The molecule has 202 valence electrons. The van der Waals surface area contributed by atoms with Crippen molar-refractivity contribution in [2.24, 2.45) is 0 Å². The predicted molar refractivity (Wildman–Crippen MR) is 147 cm³/mol. The van der Waals surface area contributed by atoms with Gasteiger partial charge in [0.2, 0.25) is 11.8 Å². The zero-order valence-corrected chi connectivity index (χ0v) is 23.1. The van der Waals surface area contributed by atoms with E-state index in [2.05, 4.69) is 10.6 Å². The highest BCUT2D eigenvalue weighted by molar-refractivity contribution is 7.98. The number of alkyl carbamates (subject to hydrolysis) is 1. The van der Waals surface area contributed by atoms with Gasteiger partial charge in [0.15, 0.2) is 0 Å². The molecule has 9 heteroatoms. The number of benzene rings is 2. The quantitative estimate of drug-likeness (QED) is 0.370. The highest BCUT2D eigenvalue weighted by Crippen LogP contribution is 2.26. The first-order valence-corrected chi connectivity index (χ1v) is 13.8. The van der Waals surface area contributed by atoms with Crippen LogP contribution < -0.4 is 10.6 Å². The Morgan fingerprint density at radius 3 is 2.38 bits per heavy atom. The maximum Gasteiger partial charge on any atom is 0.408 e. The molecule has 2 atom stereocenters. The van der Waals surface area contributed by atoms with Crippen LogP contribution in [0.25, 0.3) is 0 Å². The molecule has 0 bridgehead atoms. The summed E-state index contributed by atoms with van der Waals surface area (Å²) in [5.74, 6) is -0.140. The van der Waals surface area contributed by atoms with E-state index in [1.165, 1.54) is 17.0 Å². The van der Waals surface area contributed by atoms with Gasteiger partial charge in [0, 0.05) is 13.1 Å². The van der Waals surface area contributed by atoms with Crippen molar-refractivity contribution in [2.75, 3.05) is 18.6 Å². The van der Waals surface area contributed by atoms with E-state index in [4.69, 9.17) is 4.74 Å². The minimum Gasteiger partial charge on any atom is -0.508 e. The van der Waals surface area contributed by atoms with Gasteiger partial charge in [0.25, 0.3) is 0 Å². The molecule has 3 N–H and O–H groups in total. The number of phenols is 1. The minimum absolute atomic E-state index is 0.00642. The van der Waals surface area contributed by atoms with Crippen LogP contribution in [0.2, 0.25) is 0 Å². The molecule has 2 aromatic carbocycles. The molecule has 2 unspecified atom stereocenters. The summed E-state index contributed by atoms with van der Waals surface area (Å²) in [4.78, 5) is 41.6. The van der Waals surface area contributed by atoms with E-state index < -0.39 is 23.8 Å². The van der Waals surface area contributed by atoms with Gasteiger partial charge in [-0.2, -0.15) is 11.8 Å². The molecule has 0 spiro atoms. The van der Waals surface area contributed by atoms with E-state index in [1.54, 1.807) is 44.7 Å². The molecule has 0 aromatic heterocycles. The predicted octanol–water partition coefficient (Wildman–Crippen LogP) is 4.63. The summed E-state index contributed by atoms with van der Waals surface area (Å²) in [6.07, 6.45) is 2.20. The summed E-state index contributed by atoms with van der Waals surface area (Å²) < 4.78 is 5.39. The highest BCUT2D eigenvalue weighted by atomic mass is 32.2. The van der Waals surface area contributed by atoms with E-state index in [-0.39, 0.29) is 30.7 Å². The fourth-order valence-electron chi connectivity index (χ4n) is 3.80. The molecular weight excluding hydrogens is 490 g/mol. The number of ether oxygens (including phenoxy) is 1. The van der Waals surface area contributed by atoms with E-state index >= 15 is 0 Å². The van der Waals surface area contributed by atoms with Gasteiger partial charge >= 0.3 is 6.09 Å². The lowest BCUT2D eigenvalue weighted by molar-refractivity contribution is -0.142. The number of phenolic OH excluding ortho intramolecular Hbond substituents is 1. The van der Waals surface area contributed by atoms with Crippen molar-refractivity contribution in [3.8, 4) is 5.75 Å². The van der Waals surface area contributed by atoms with E-state index in [9.17, 15) is 19.5 Å². The summed E-state index contributed by atoms with van der Waals surface area (Å²) in [7, 11) is 0. The van der Waals surface area contributed by atoms with Crippen LogP contribution in [0, 0.1) is 0 Å². The zero-order chi connectivity index (χ0) is 27.4. The van der Waals surface area contributed by atoms with Crippen molar-refractivity contribution in [3.63, 3.8) is 0 Å². The number of carbonyl (C=O) groups is 3. The Kier molecular flexibility index (Phi) is 11.8. The van der Waals surface area contributed by atoms with Crippen LogP contribution >= 0.6 is 11.8 Å². The lowest BCUT2D eigenvalue weighted by atomic mass is 10.0. The SMILES string of the molecule is CCCN(C(=O)C(CCSC)NC(=O)OC(C)(C)C)C(C(=O)NCc1ccccc1)c1cccc(O)c1. The molecule has 8 nitrogen and oxygen atoms in total. The molecule has 0 saturated carbocycles. The molecular formula is C28H39N3O5S. The van der Waals surface area contributed by atoms with Crippen LogP contribution in [0.1, 0.15) is 57.7 Å². The Labute approximate surface area is 224 Å². The first-order chi connectivity index (χ1) is 17.6. The lowest BCUT2D eigenvalue weighted by Gasteiger charge is -2.34. The number of amides is 3. The van der Waals surface area contributed by atoms with Gasteiger partial charge < -0.3 is 25.4 Å². The number of carbonyl (C=O) groups excluding carboxylic acids is 3. The molecule has 2 aromatic rings. The first kappa shape index (κ1) is 30.0. The maximum absolute atomic E-state index is 13.9. The second-order valence-corrected chi connectivity index (χ2v) is 10.7. The number of aromatic hydroxyl groups is 1. The second-order valence-electron chi connectivity index (χ2n) is 9.71.